The normalized spacial score (nSPS) is 19.4. The molecule has 6 nitrogen and oxygen atoms in total. The van der Waals surface area contributed by atoms with E-state index in [4.69, 9.17) is 5.11 Å². The third-order valence-corrected chi connectivity index (χ3v) is 5.08. The number of nitrogens with one attached hydrogen (secondary N) is 1. The summed E-state index contributed by atoms with van der Waals surface area (Å²) < 4.78 is 11.2. The number of amides is 2. The summed E-state index contributed by atoms with van der Waals surface area (Å²) in [5.41, 5.74) is 0. The number of carbonyl (C=O) groups is 2. The molecular weight excluding hydrogens is 280 g/mol. The summed E-state index contributed by atoms with van der Waals surface area (Å²) in [4.78, 5) is 24.2. The molecule has 0 aliphatic carbocycles. The summed E-state index contributed by atoms with van der Waals surface area (Å²) in [6, 6.07) is -0.112. The Hall–Kier alpha value is -1.11. The molecule has 0 aromatic rings. The molecule has 0 spiro atoms. The first-order valence-corrected chi connectivity index (χ1v) is 8.59. The lowest BCUT2D eigenvalue weighted by Crippen LogP contribution is -2.46. The Morgan fingerprint density at radius 1 is 1.40 bits per heavy atom. The molecule has 20 heavy (non-hydrogen) atoms. The summed E-state index contributed by atoms with van der Waals surface area (Å²) in [6.45, 7) is 3.59. The lowest BCUT2D eigenvalue weighted by Gasteiger charge is -2.32. The number of hydrogen-bond acceptors (Lipinski definition) is 3. The van der Waals surface area contributed by atoms with Gasteiger partial charge in [-0.2, -0.15) is 0 Å². The molecule has 116 valence electrons. The van der Waals surface area contributed by atoms with Crippen LogP contribution in [0.5, 0.6) is 0 Å². The molecule has 0 radical (unpaired) electrons. The molecule has 1 aliphatic heterocycles. The van der Waals surface area contributed by atoms with Gasteiger partial charge < -0.3 is 15.3 Å². The number of aliphatic carboxylic acids is 1. The fourth-order valence-electron chi connectivity index (χ4n) is 2.21. The highest BCUT2D eigenvalue weighted by Crippen LogP contribution is 2.21. The molecular formula is C13H24N2O4S. The van der Waals surface area contributed by atoms with Crippen molar-refractivity contribution < 1.29 is 18.9 Å². The standard InChI is InChI=1S/C13H24N2O4S/c1-10(20(2)19)9-14-13(18)15-7-5-11(6-8-15)3-4-12(16)17/h10-11H,3-9H2,1-2H3,(H,14,18)(H,16,17). The molecule has 1 heterocycles. The van der Waals surface area contributed by atoms with Crippen LogP contribution >= 0.6 is 0 Å². The predicted molar refractivity (Wildman–Crippen MR) is 78.1 cm³/mol. The topological polar surface area (TPSA) is 86.7 Å². The van der Waals surface area contributed by atoms with Gasteiger partial charge in [-0.1, -0.05) is 0 Å². The van der Waals surface area contributed by atoms with Crippen molar-refractivity contribution in [2.45, 2.75) is 37.9 Å². The van der Waals surface area contributed by atoms with Gasteiger partial charge in [0, 0.05) is 48.4 Å². The molecule has 0 aromatic carbocycles. The van der Waals surface area contributed by atoms with Crippen molar-refractivity contribution in [1.29, 1.82) is 0 Å². The van der Waals surface area contributed by atoms with E-state index < -0.39 is 16.8 Å². The molecule has 1 rings (SSSR count). The number of carboxylic acids is 1. The highest BCUT2D eigenvalue weighted by Gasteiger charge is 2.23. The Morgan fingerprint density at radius 2 is 2.00 bits per heavy atom. The summed E-state index contributed by atoms with van der Waals surface area (Å²) in [6.07, 6.45) is 4.24. The monoisotopic (exact) mass is 304 g/mol. The molecule has 1 fully saturated rings. The van der Waals surface area contributed by atoms with Gasteiger partial charge in [0.2, 0.25) is 0 Å². The minimum atomic E-state index is -0.933. The van der Waals surface area contributed by atoms with Gasteiger partial charge in [0.05, 0.1) is 0 Å². The number of rotatable bonds is 6. The van der Waals surface area contributed by atoms with E-state index >= 15 is 0 Å². The second-order valence-electron chi connectivity index (χ2n) is 5.36. The first-order chi connectivity index (χ1) is 9.40. The number of urea groups is 1. The molecule has 2 N–H and O–H groups in total. The van der Waals surface area contributed by atoms with Gasteiger partial charge in [0.25, 0.3) is 0 Å². The van der Waals surface area contributed by atoms with E-state index in [1.165, 1.54) is 0 Å². The van der Waals surface area contributed by atoms with E-state index in [0.717, 1.165) is 12.8 Å². The molecule has 7 heteroatoms. The number of likely N-dealkylation sites (tertiary alicyclic amines) is 1. The number of carboxylic acid groups (broad SMARTS) is 1. The van der Waals surface area contributed by atoms with E-state index in [-0.39, 0.29) is 17.7 Å². The minimum Gasteiger partial charge on any atom is -0.481 e. The Kier molecular flexibility index (Phi) is 6.98. The van der Waals surface area contributed by atoms with Gasteiger partial charge in [-0.3, -0.25) is 9.00 Å². The van der Waals surface area contributed by atoms with Gasteiger partial charge in [-0.25, -0.2) is 4.79 Å². The van der Waals surface area contributed by atoms with Crippen molar-refractivity contribution in [3.05, 3.63) is 0 Å². The summed E-state index contributed by atoms with van der Waals surface area (Å²) >= 11 is 0. The van der Waals surface area contributed by atoms with E-state index in [2.05, 4.69) is 5.32 Å². The molecule has 2 amide bonds. The van der Waals surface area contributed by atoms with Gasteiger partial charge in [-0.15, -0.1) is 0 Å². The largest absolute Gasteiger partial charge is 0.481 e. The SMILES string of the molecule is CC(CNC(=O)N1CCC(CCC(=O)O)CC1)S(C)=O. The highest BCUT2D eigenvalue weighted by molar-refractivity contribution is 7.84. The third kappa shape index (κ3) is 5.90. The average molecular weight is 304 g/mol. The first-order valence-electron chi connectivity index (χ1n) is 6.97. The van der Waals surface area contributed by atoms with Gasteiger partial charge >= 0.3 is 12.0 Å². The van der Waals surface area contributed by atoms with Gasteiger partial charge in [-0.05, 0) is 32.1 Å². The first kappa shape index (κ1) is 16.9. The summed E-state index contributed by atoms with van der Waals surface area (Å²) in [7, 11) is -0.933. The number of hydrogen-bond donors (Lipinski definition) is 2. The van der Waals surface area contributed by atoms with Crippen LogP contribution in [0.1, 0.15) is 32.6 Å². The average Bonchev–Trinajstić information content (AvgIpc) is 2.42. The predicted octanol–water partition coefficient (Wildman–Crippen LogP) is 1.04. The smallest absolute Gasteiger partial charge is 0.317 e. The van der Waals surface area contributed by atoms with Crippen LogP contribution in [0.4, 0.5) is 4.79 Å². The Balaban J connectivity index is 2.25. The van der Waals surface area contributed by atoms with Crippen molar-refractivity contribution in [3.63, 3.8) is 0 Å². The van der Waals surface area contributed by atoms with Crippen LogP contribution in [-0.2, 0) is 15.6 Å². The van der Waals surface area contributed by atoms with Gasteiger partial charge in [0.15, 0.2) is 0 Å². The third-order valence-electron chi connectivity index (χ3n) is 3.78. The fourth-order valence-corrected chi connectivity index (χ4v) is 2.53. The number of nitrogens with zero attached hydrogens (tertiary/aromatic N) is 1. The van der Waals surface area contributed by atoms with E-state index in [1.807, 2.05) is 6.92 Å². The van der Waals surface area contributed by atoms with Crippen molar-refractivity contribution in [1.82, 2.24) is 10.2 Å². The number of carbonyl (C=O) groups excluding carboxylic acids is 1. The van der Waals surface area contributed by atoms with Crippen LogP contribution in [0.25, 0.3) is 0 Å². The summed E-state index contributed by atoms with van der Waals surface area (Å²) in [5.74, 6) is -0.357. The number of piperidine rings is 1. The summed E-state index contributed by atoms with van der Waals surface area (Å²) in [5, 5.41) is 11.4. The zero-order valence-corrected chi connectivity index (χ0v) is 12.9. The molecule has 0 aromatic heterocycles. The van der Waals surface area contributed by atoms with E-state index in [0.29, 0.717) is 32.0 Å². The van der Waals surface area contributed by atoms with Crippen LogP contribution in [0.2, 0.25) is 0 Å². The molecule has 1 aliphatic rings. The molecule has 2 atom stereocenters. The maximum Gasteiger partial charge on any atom is 0.317 e. The Bertz CT molecular complexity index is 367. The van der Waals surface area contributed by atoms with Crippen molar-refractivity contribution in [2.75, 3.05) is 25.9 Å². The van der Waals surface area contributed by atoms with Crippen molar-refractivity contribution in [3.8, 4) is 0 Å². The van der Waals surface area contributed by atoms with E-state index in [9.17, 15) is 13.8 Å². The molecule has 2 unspecified atom stereocenters. The van der Waals surface area contributed by atoms with E-state index in [1.54, 1.807) is 11.2 Å². The molecule has 1 saturated heterocycles. The quantitative estimate of drug-likeness (QED) is 0.767. The fraction of sp³-hybridized carbons (Fsp3) is 0.846. The van der Waals surface area contributed by atoms with Crippen LogP contribution in [0, 0.1) is 5.92 Å². The van der Waals surface area contributed by atoms with Crippen LogP contribution in [0.3, 0.4) is 0 Å². The molecule has 0 bridgehead atoms. The van der Waals surface area contributed by atoms with Crippen LogP contribution < -0.4 is 5.32 Å². The van der Waals surface area contributed by atoms with Crippen molar-refractivity contribution in [2.24, 2.45) is 5.92 Å². The maximum atomic E-state index is 11.9. The van der Waals surface area contributed by atoms with Crippen LogP contribution in [0.15, 0.2) is 0 Å². The minimum absolute atomic E-state index is 0.0490. The zero-order chi connectivity index (χ0) is 15.1. The maximum absolute atomic E-state index is 11.9. The van der Waals surface area contributed by atoms with Gasteiger partial charge in [0.1, 0.15) is 0 Å². The second-order valence-corrected chi connectivity index (χ2v) is 7.16. The highest BCUT2D eigenvalue weighted by atomic mass is 32.2. The Labute approximate surface area is 122 Å². The lowest BCUT2D eigenvalue weighted by molar-refractivity contribution is -0.137. The lowest BCUT2D eigenvalue weighted by atomic mass is 9.92. The zero-order valence-electron chi connectivity index (χ0n) is 12.1. The van der Waals surface area contributed by atoms with Crippen molar-refractivity contribution >= 4 is 22.8 Å². The Morgan fingerprint density at radius 3 is 2.50 bits per heavy atom. The molecule has 0 saturated carbocycles. The second kappa shape index (κ2) is 8.24. The van der Waals surface area contributed by atoms with Crippen LogP contribution in [-0.4, -0.2) is 57.4 Å².